The van der Waals surface area contributed by atoms with Gasteiger partial charge in [0.1, 0.15) is 11.5 Å². The summed E-state index contributed by atoms with van der Waals surface area (Å²) in [6.07, 6.45) is 0. The predicted octanol–water partition coefficient (Wildman–Crippen LogP) is 14.3. The first kappa shape index (κ1) is 32.4. The fourth-order valence-electron chi connectivity index (χ4n) is 7.18. The highest BCUT2D eigenvalue weighted by Gasteiger charge is 2.21. The predicted molar refractivity (Wildman–Crippen MR) is 224 cm³/mol. The summed E-state index contributed by atoms with van der Waals surface area (Å²) in [5, 5.41) is 2.20. The molecule has 0 aliphatic heterocycles. The summed E-state index contributed by atoms with van der Waals surface area (Å²) < 4.78 is 10.4. The largest absolute Gasteiger partial charge is 0.456 e. The average Bonchev–Trinajstić information content (AvgIpc) is 3.55. The highest BCUT2D eigenvalue weighted by Crippen LogP contribution is 2.45. The van der Waals surface area contributed by atoms with Crippen molar-refractivity contribution in [2.24, 2.45) is 0 Å². The maximum absolute atomic E-state index is 7.12. The van der Waals surface area contributed by atoms with E-state index in [9.17, 15) is 0 Å². The fourth-order valence-corrected chi connectivity index (χ4v) is 7.57. The van der Waals surface area contributed by atoms with Crippen LogP contribution in [0, 0.1) is 0 Å². The van der Waals surface area contributed by atoms with Crippen LogP contribution in [-0.2, 0) is 0 Å². The van der Waals surface area contributed by atoms with E-state index in [1.54, 1.807) is 0 Å². The standard InChI is InChI=1S/C48H34BrN3O/c49-35-17-15-26-40(31-35)51(38-22-9-3-10-23-38)42-32-41(50(36-18-5-1-6-19-36)37-20-7-2-8-21-37)33-43(34-42)53-47-30-16-29-46-48(47)44-27-13-14-28-45(44)52(46)39-24-11-4-12-25-39/h1-34H. The van der Waals surface area contributed by atoms with Gasteiger partial charge >= 0.3 is 0 Å². The Labute approximate surface area is 317 Å². The molecule has 4 nitrogen and oxygen atoms in total. The zero-order valence-electron chi connectivity index (χ0n) is 28.8. The zero-order valence-corrected chi connectivity index (χ0v) is 30.3. The number of aromatic nitrogens is 1. The van der Waals surface area contributed by atoms with Crippen molar-refractivity contribution in [3.05, 3.63) is 211 Å². The summed E-state index contributed by atoms with van der Waals surface area (Å²) >= 11 is 3.73. The molecule has 0 N–H and O–H groups in total. The quantitative estimate of drug-likeness (QED) is 0.147. The number of hydrogen-bond donors (Lipinski definition) is 0. The molecule has 0 spiro atoms. The van der Waals surface area contributed by atoms with Crippen LogP contribution in [0.15, 0.2) is 211 Å². The van der Waals surface area contributed by atoms with Crippen LogP contribution < -0.4 is 14.5 Å². The molecule has 1 aromatic heterocycles. The van der Waals surface area contributed by atoms with Crippen molar-refractivity contribution in [2.45, 2.75) is 0 Å². The Hall–Kier alpha value is -6.56. The molecule has 53 heavy (non-hydrogen) atoms. The summed E-state index contributed by atoms with van der Waals surface area (Å²) in [5.74, 6) is 1.51. The lowest BCUT2D eigenvalue weighted by molar-refractivity contribution is 0.489. The second-order valence-corrected chi connectivity index (χ2v) is 13.7. The number of benzene rings is 8. The molecule has 9 rings (SSSR count). The van der Waals surface area contributed by atoms with Crippen LogP contribution in [-0.4, -0.2) is 4.57 Å². The van der Waals surface area contributed by atoms with Gasteiger partial charge in [0.2, 0.25) is 0 Å². The maximum Gasteiger partial charge on any atom is 0.137 e. The molecule has 5 heteroatoms. The third kappa shape index (κ3) is 6.32. The van der Waals surface area contributed by atoms with Gasteiger partial charge in [-0.2, -0.15) is 0 Å². The Morgan fingerprint density at radius 3 is 1.49 bits per heavy atom. The molecule has 0 fully saturated rings. The molecular weight excluding hydrogens is 714 g/mol. The smallest absolute Gasteiger partial charge is 0.137 e. The van der Waals surface area contributed by atoms with Crippen LogP contribution in [0.5, 0.6) is 11.5 Å². The molecule has 0 bridgehead atoms. The maximum atomic E-state index is 7.12. The van der Waals surface area contributed by atoms with Crippen LogP contribution in [0.25, 0.3) is 27.5 Å². The van der Waals surface area contributed by atoms with E-state index in [2.05, 4.69) is 230 Å². The van der Waals surface area contributed by atoms with E-state index < -0.39 is 0 Å². The minimum atomic E-state index is 0.717. The Morgan fingerprint density at radius 1 is 0.396 bits per heavy atom. The second-order valence-electron chi connectivity index (χ2n) is 12.8. The Bertz CT molecular complexity index is 2620. The lowest BCUT2D eigenvalue weighted by Crippen LogP contribution is -2.13. The monoisotopic (exact) mass is 747 g/mol. The number of halogens is 1. The topological polar surface area (TPSA) is 20.6 Å². The number of hydrogen-bond acceptors (Lipinski definition) is 3. The first-order valence-electron chi connectivity index (χ1n) is 17.6. The molecular formula is C48H34BrN3O. The lowest BCUT2D eigenvalue weighted by atomic mass is 10.1. The van der Waals surface area contributed by atoms with Crippen LogP contribution in [0.4, 0.5) is 34.1 Å². The molecule has 0 unspecified atom stereocenters. The van der Waals surface area contributed by atoms with Gasteiger partial charge in [0.15, 0.2) is 0 Å². The number of ether oxygens (including phenoxy) is 1. The van der Waals surface area contributed by atoms with Crippen molar-refractivity contribution in [2.75, 3.05) is 9.80 Å². The van der Waals surface area contributed by atoms with Gasteiger partial charge in [-0.15, -0.1) is 0 Å². The number of fused-ring (bicyclic) bond motifs is 3. The fraction of sp³-hybridized carbons (Fsp3) is 0. The molecule has 0 aliphatic rings. The van der Waals surface area contributed by atoms with Gasteiger partial charge in [-0.25, -0.2) is 0 Å². The minimum Gasteiger partial charge on any atom is -0.456 e. The zero-order chi connectivity index (χ0) is 35.6. The first-order chi connectivity index (χ1) is 26.2. The molecule has 0 amide bonds. The normalized spacial score (nSPS) is 11.1. The molecule has 0 saturated carbocycles. The van der Waals surface area contributed by atoms with Crippen molar-refractivity contribution < 1.29 is 4.74 Å². The molecule has 9 aromatic rings. The second kappa shape index (κ2) is 14.2. The van der Waals surface area contributed by atoms with Gasteiger partial charge in [0.05, 0.1) is 27.8 Å². The molecule has 0 radical (unpaired) electrons. The van der Waals surface area contributed by atoms with E-state index in [1.807, 2.05) is 6.07 Å². The molecule has 254 valence electrons. The third-order valence-electron chi connectivity index (χ3n) is 9.40. The molecule has 0 saturated heterocycles. The SMILES string of the molecule is Brc1cccc(N(c2ccccc2)c2cc(Oc3cccc4c3c3ccccc3n4-c3ccccc3)cc(N(c3ccccc3)c3ccccc3)c2)c1. The van der Waals surface area contributed by atoms with Crippen LogP contribution in [0.1, 0.15) is 0 Å². The summed E-state index contributed by atoms with van der Waals surface area (Å²) in [6.45, 7) is 0. The van der Waals surface area contributed by atoms with Crippen molar-refractivity contribution in [1.29, 1.82) is 0 Å². The van der Waals surface area contributed by atoms with Gasteiger partial charge in [0.25, 0.3) is 0 Å². The van der Waals surface area contributed by atoms with Crippen molar-refractivity contribution in [3.8, 4) is 17.2 Å². The minimum absolute atomic E-state index is 0.717. The summed E-state index contributed by atoms with van der Waals surface area (Å²) in [7, 11) is 0. The number of anilines is 6. The summed E-state index contributed by atoms with van der Waals surface area (Å²) in [5.41, 5.74) is 9.38. The Morgan fingerprint density at radius 2 is 0.887 bits per heavy atom. The Balaban J connectivity index is 1.28. The van der Waals surface area contributed by atoms with Crippen LogP contribution >= 0.6 is 15.9 Å². The van der Waals surface area contributed by atoms with Gasteiger partial charge in [0, 0.05) is 50.4 Å². The van der Waals surface area contributed by atoms with E-state index in [-0.39, 0.29) is 0 Å². The number of nitrogens with zero attached hydrogens (tertiary/aromatic N) is 3. The van der Waals surface area contributed by atoms with Crippen molar-refractivity contribution >= 4 is 71.9 Å². The van der Waals surface area contributed by atoms with E-state index in [0.717, 1.165) is 71.8 Å². The van der Waals surface area contributed by atoms with E-state index in [4.69, 9.17) is 4.74 Å². The van der Waals surface area contributed by atoms with E-state index in [0.29, 0.717) is 5.75 Å². The van der Waals surface area contributed by atoms with Crippen LogP contribution in [0.2, 0.25) is 0 Å². The molecule has 0 atom stereocenters. The van der Waals surface area contributed by atoms with E-state index in [1.165, 1.54) is 0 Å². The highest BCUT2D eigenvalue weighted by molar-refractivity contribution is 9.10. The third-order valence-corrected chi connectivity index (χ3v) is 9.90. The van der Waals surface area contributed by atoms with E-state index >= 15 is 0 Å². The highest BCUT2D eigenvalue weighted by atomic mass is 79.9. The average molecular weight is 749 g/mol. The van der Waals surface area contributed by atoms with Crippen molar-refractivity contribution in [1.82, 2.24) is 4.57 Å². The van der Waals surface area contributed by atoms with Gasteiger partial charge < -0.3 is 19.1 Å². The molecule has 8 aromatic carbocycles. The summed E-state index contributed by atoms with van der Waals surface area (Å²) in [6, 6.07) is 71.8. The number of para-hydroxylation sites is 5. The van der Waals surface area contributed by atoms with Crippen molar-refractivity contribution in [3.63, 3.8) is 0 Å². The lowest BCUT2D eigenvalue weighted by Gasteiger charge is -2.30. The molecule has 1 heterocycles. The van der Waals surface area contributed by atoms with Gasteiger partial charge in [-0.3, -0.25) is 0 Å². The van der Waals surface area contributed by atoms with Gasteiger partial charge in [-0.1, -0.05) is 119 Å². The summed E-state index contributed by atoms with van der Waals surface area (Å²) in [4.78, 5) is 4.56. The van der Waals surface area contributed by atoms with Gasteiger partial charge in [-0.05, 0) is 91.0 Å². The van der Waals surface area contributed by atoms with Crippen LogP contribution in [0.3, 0.4) is 0 Å². The first-order valence-corrected chi connectivity index (χ1v) is 18.4. The number of rotatable bonds is 9. The molecule has 0 aliphatic carbocycles. The Kier molecular flexibility index (Phi) is 8.68.